The molecule has 1 fully saturated rings. The molecule has 0 aliphatic heterocycles. The number of carboxylic acids is 1. The van der Waals surface area contributed by atoms with Crippen molar-refractivity contribution in [2.45, 2.75) is 33.6 Å². The van der Waals surface area contributed by atoms with E-state index in [9.17, 15) is 4.79 Å². The molecule has 0 radical (unpaired) electrons. The van der Waals surface area contributed by atoms with Crippen molar-refractivity contribution in [2.24, 2.45) is 17.3 Å². The predicted octanol–water partition coefficient (Wildman–Crippen LogP) is 2.14. The standard InChI is InChI=1S/C9H16O2/c1-4-9(6(2)3)5-7(9)8(10)11/h6-7H,4-5H2,1-3H3,(H,10,11). The van der Waals surface area contributed by atoms with Gasteiger partial charge in [-0.2, -0.15) is 0 Å². The van der Waals surface area contributed by atoms with Crippen LogP contribution in [0.4, 0.5) is 0 Å². The zero-order valence-corrected chi connectivity index (χ0v) is 7.42. The largest absolute Gasteiger partial charge is 0.481 e. The lowest BCUT2D eigenvalue weighted by Gasteiger charge is -2.17. The fourth-order valence-electron chi connectivity index (χ4n) is 2.09. The van der Waals surface area contributed by atoms with Crippen LogP contribution in [0.15, 0.2) is 0 Å². The summed E-state index contributed by atoms with van der Waals surface area (Å²) in [6.45, 7) is 6.32. The molecule has 1 aliphatic carbocycles. The predicted molar refractivity (Wildman–Crippen MR) is 43.3 cm³/mol. The Labute approximate surface area is 67.6 Å². The molecule has 1 rings (SSSR count). The summed E-state index contributed by atoms with van der Waals surface area (Å²) in [5.41, 5.74) is 0.131. The molecule has 11 heavy (non-hydrogen) atoms. The highest BCUT2D eigenvalue weighted by atomic mass is 16.4. The normalized spacial score (nSPS) is 35.8. The van der Waals surface area contributed by atoms with Gasteiger partial charge in [-0.3, -0.25) is 4.79 Å². The van der Waals surface area contributed by atoms with Crippen molar-refractivity contribution in [3.8, 4) is 0 Å². The van der Waals surface area contributed by atoms with Crippen LogP contribution in [-0.2, 0) is 4.79 Å². The molecule has 2 nitrogen and oxygen atoms in total. The molecule has 0 amide bonds. The molecule has 1 N–H and O–H groups in total. The minimum Gasteiger partial charge on any atom is -0.481 e. The van der Waals surface area contributed by atoms with Crippen LogP contribution < -0.4 is 0 Å². The highest BCUT2D eigenvalue weighted by Gasteiger charge is 2.58. The van der Waals surface area contributed by atoms with Crippen molar-refractivity contribution in [1.29, 1.82) is 0 Å². The first-order valence-corrected chi connectivity index (χ1v) is 4.27. The van der Waals surface area contributed by atoms with Gasteiger partial charge in [0.05, 0.1) is 5.92 Å². The van der Waals surface area contributed by atoms with Crippen LogP contribution in [-0.4, -0.2) is 11.1 Å². The molecular weight excluding hydrogens is 140 g/mol. The molecule has 0 saturated heterocycles. The van der Waals surface area contributed by atoms with E-state index in [0.717, 1.165) is 12.8 Å². The Kier molecular flexibility index (Phi) is 1.95. The number of hydrogen-bond donors (Lipinski definition) is 1. The van der Waals surface area contributed by atoms with Gasteiger partial charge in [-0.1, -0.05) is 20.8 Å². The summed E-state index contributed by atoms with van der Waals surface area (Å²) >= 11 is 0. The van der Waals surface area contributed by atoms with Crippen LogP contribution in [0.25, 0.3) is 0 Å². The zero-order chi connectivity index (χ0) is 8.65. The van der Waals surface area contributed by atoms with E-state index < -0.39 is 5.97 Å². The van der Waals surface area contributed by atoms with E-state index >= 15 is 0 Å². The van der Waals surface area contributed by atoms with Crippen molar-refractivity contribution in [3.63, 3.8) is 0 Å². The van der Waals surface area contributed by atoms with Crippen LogP contribution in [0.1, 0.15) is 33.6 Å². The van der Waals surface area contributed by atoms with Gasteiger partial charge >= 0.3 is 5.97 Å². The minimum absolute atomic E-state index is 0.0625. The van der Waals surface area contributed by atoms with E-state index in [0.29, 0.717) is 5.92 Å². The van der Waals surface area contributed by atoms with Gasteiger partial charge < -0.3 is 5.11 Å². The SMILES string of the molecule is CCC1(C(C)C)CC1C(=O)O. The lowest BCUT2D eigenvalue weighted by molar-refractivity contribution is -0.139. The Balaban J connectivity index is 2.64. The van der Waals surface area contributed by atoms with Gasteiger partial charge in [-0.15, -0.1) is 0 Å². The number of aliphatic carboxylic acids is 1. The maximum Gasteiger partial charge on any atom is 0.307 e. The van der Waals surface area contributed by atoms with Crippen molar-refractivity contribution >= 4 is 5.97 Å². The average Bonchev–Trinajstić information content (AvgIpc) is 2.62. The van der Waals surface area contributed by atoms with Gasteiger partial charge in [0.15, 0.2) is 0 Å². The van der Waals surface area contributed by atoms with Crippen molar-refractivity contribution < 1.29 is 9.90 Å². The summed E-state index contributed by atoms with van der Waals surface area (Å²) in [6, 6.07) is 0. The molecule has 0 bridgehead atoms. The number of carbonyl (C=O) groups is 1. The zero-order valence-electron chi connectivity index (χ0n) is 7.42. The van der Waals surface area contributed by atoms with Crippen LogP contribution >= 0.6 is 0 Å². The molecule has 1 saturated carbocycles. The molecule has 1 aliphatic rings. The molecule has 0 aromatic rings. The van der Waals surface area contributed by atoms with Gasteiger partial charge in [-0.25, -0.2) is 0 Å². The third-order valence-corrected chi connectivity index (χ3v) is 3.22. The summed E-state index contributed by atoms with van der Waals surface area (Å²) in [6.07, 6.45) is 1.89. The fourth-order valence-corrected chi connectivity index (χ4v) is 2.09. The molecule has 0 aromatic heterocycles. The maximum atomic E-state index is 10.6. The van der Waals surface area contributed by atoms with E-state index in [1.54, 1.807) is 0 Å². The second-order valence-electron chi connectivity index (χ2n) is 3.84. The number of rotatable bonds is 3. The molecule has 2 atom stereocenters. The Morgan fingerprint density at radius 2 is 2.27 bits per heavy atom. The summed E-state index contributed by atoms with van der Waals surface area (Å²) in [4.78, 5) is 10.6. The molecule has 0 spiro atoms. The second kappa shape index (κ2) is 2.50. The van der Waals surface area contributed by atoms with Gasteiger partial charge in [-0.05, 0) is 24.2 Å². The van der Waals surface area contributed by atoms with E-state index in [1.807, 2.05) is 0 Å². The molecule has 0 aromatic carbocycles. The lowest BCUT2D eigenvalue weighted by Crippen LogP contribution is -2.15. The third kappa shape index (κ3) is 1.15. The van der Waals surface area contributed by atoms with Crippen LogP contribution in [0.5, 0.6) is 0 Å². The first-order chi connectivity index (χ1) is 5.04. The minimum atomic E-state index is -0.611. The first-order valence-electron chi connectivity index (χ1n) is 4.27. The van der Waals surface area contributed by atoms with Crippen LogP contribution in [0.3, 0.4) is 0 Å². The van der Waals surface area contributed by atoms with Crippen LogP contribution in [0, 0.1) is 17.3 Å². The highest BCUT2D eigenvalue weighted by molar-refractivity contribution is 5.74. The van der Waals surface area contributed by atoms with E-state index in [-0.39, 0.29) is 11.3 Å². The van der Waals surface area contributed by atoms with Gasteiger partial charge in [0.1, 0.15) is 0 Å². The van der Waals surface area contributed by atoms with Gasteiger partial charge in [0, 0.05) is 0 Å². The Hall–Kier alpha value is -0.530. The lowest BCUT2D eigenvalue weighted by atomic mass is 9.87. The second-order valence-corrected chi connectivity index (χ2v) is 3.84. The molecule has 2 heteroatoms. The van der Waals surface area contributed by atoms with E-state index in [2.05, 4.69) is 20.8 Å². The third-order valence-electron chi connectivity index (χ3n) is 3.22. The number of carboxylic acid groups (broad SMARTS) is 1. The average molecular weight is 156 g/mol. The Morgan fingerprint density at radius 3 is 2.36 bits per heavy atom. The van der Waals surface area contributed by atoms with Crippen molar-refractivity contribution in [3.05, 3.63) is 0 Å². The Bertz CT molecular complexity index is 174. The van der Waals surface area contributed by atoms with Crippen LogP contribution in [0.2, 0.25) is 0 Å². The summed E-state index contributed by atoms with van der Waals surface area (Å²) < 4.78 is 0. The van der Waals surface area contributed by atoms with Gasteiger partial charge in [0.2, 0.25) is 0 Å². The summed E-state index contributed by atoms with van der Waals surface area (Å²) in [7, 11) is 0. The monoisotopic (exact) mass is 156 g/mol. The smallest absolute Gasteiger partial charge is 0.307 e. The van der Waals surface area contributed by atoms with Crippen molar-refractivity contribution in [1.82, 2.24) is 0 Å². The van der Waals surface area contributed by atoms with E-state index in [4.69, 9.17) is 5.11 Å². The first kappa shape index (κ1) is 8.57. The molecular formula is C9H16O2. The van der Waals surface area contributed by atoms with Gasteiger partial charge in [0.25, 0.3) is 0 Å². The fraction of sp³-hybridized carbons (Fsp3) is 0.889. The van der Waals surface area contributed by atoms with Crippen molar-refractivity contribution in [2.75, 3.05) is 0 Å². The quantitative estimate of drug-likeness (QED) is 0.679. The van der Waals surface area contributed by atoms with E-state index in [1.165, 1.54) is 0 Å². The molecule has 64 valence electrons. The number of hydrogen-bond acceptors (Lipinski definition) is 1. The molecule has 2 unspecified atom stereocenters. The maximum absolute atomic E-state index is 10.6. The topological polar surface area (TPSA) is 37.3 Å². The highest BCUT2D eigenvalue weighted by Crippen LogP contribution is 2.60. The summed E-state index contributed by atoms with van der Waals surface area (Å²) in [5, 5.41) is 8.77. The Morgan fingerprint density at radius 1 is 1.73 bits per heavy atom. The molecule has 0 heterocycles. The summed E-state index contributed by atoms with van der Waals surface area (Å²) in [5.74, 6) is -0.165.